The number of hydrogen-bond donors (Lipinski definition) is 2. The lowest BCUT2D eigenvalue weighted by molar-refractivity contribution is 0.253. The van der Waals surface area contributed by atoms with Crippen LogP contribution >= 0.6 is 35.7 Å². The Bertz CT molecular complexity index is 535. The molecule has 1 saturated heterocycles. The average molecular weight is 534 g/mol. The first-order valence-electron chi connectivity index (χ1n) is 10.9. The summed E-state index contributed by atoms with van der Waals surface area (Å²) in [6.45, 7) is 10.7. The molecule has 1 fully saturated rings. The zero-order valence-electron chi connectivity index (χ0n) is 18.2. The van der Waals surface area contributed by atoms with Crippen LogP contribution in [0.1, 0.15) is 32.6 Å². The van der Waals surface area contributed by atoms with E-state index in [1.807, 2.05) is 11.8 Å². The molecule has 0 aliphatic carbocycles. The van der Waals surface area contributed by atoms with Crippen LogP contribution < -0.4 is 15.5 Å². The van der Waals surface area contributed by atoms with Crippen molar-refractivity contribution in [1.29, 1.82) is 0 Å². The molecule has 0 spiro atoms. The number of hydrogen-bond acceptors (Lipinski definition) is 4. The van der Waals surface area contributed by atoms with Gasteiger partial charge in [0.25, 0.3) is 0 Å². The number of benzene rings is 1. The van der Waals surface area contributed by atoms with Crippen molar-refractivity contribution in [3.05, 3.63) is 30.3 Å². The SMILES string of the molecule is CCNC(=NCCCCN1CCN(c2ccccc2)CC1)NCCCCSC.I. The van der Waals surface area contributed by atoms with Crippen LogP contribution in [-0.4, -0.2) is 75.2 Å². The lowest BCUT2D eigenvalue weighted by Crippen LogP contribution is -2.46. The van der Waals surface area contributed by atoms with E-state index in [2.05, 4.69) is 63.9 Å². The zero-order valence-corrected chi connectivity index (χ0v) is 21.4. The van der Waals surface area contributed by atoms with Gasteiger partial charge in [-0.25, -0.2) is 0 Å². The number of nitrogens with zero attached hydrogens (tertiary/aromatic N) is 3. The molecule has 0 saturated carbocycles. The summed E-state index contributed by atoms with van der Waals surface area (Å²) in [5, 5.41) is 6.81. The minimum absolute atomic E-state index is 0. The predicted molar refractivity (Wildman–Crippen MR) is 141 cm³/mol. The molecule has 7 heteroatoms. The van der Waals surface area contributed by atoms with Gasteiger partial charge in [0.05, 0.1) is 0 Å². The van der Waals surface area contributed by atoms with Gasteiger partial charge in [0.2, 0.25) is 0 Å². The molecule has 1 aromatic rings. The minimum atomic E-state index is 0. The van der Waals surface area contributed by atoms with E-state index in [1.165, 1.54) is 50.3 Å². The average Bonchev–Trinajstić information content (AvgIpc) is 2.74. The second-order valence-corrected chi connectivity index (χ2v) is 8.24. The third-order valence-electron chi connectivity index (χ3n) is 5.06. The summed E-state index contributed by atoms with van der Waals surface area (Å²) in [7, 11) is 0. The lowest BCUT2D eigenvalue weighted by Gasteiger charge is -2.36. The van der Waals surface area contributed by atoms with Crippen LogP contribution in [0, 0.1) is 0 Å². The minimum Gasteiger partial charge on any atom is -0.369 e. The summed E-state index contributed by atoms with van der Waals surface area (Å²) in [5.74, 6) is 2.22. The molecule has 2 N–H and O–H groups in total. The maximum Gasteiger partial charge on any atom is 0.191 e. The molecule has 1 aliphatic heterocycles. The second kappa shape index (κ2) is 17.1. The number of halogens is 1. The van der Waals surface area contributed by atoms with Crippen LogP contribution in [-0.2, 0) is 0 Å². The van der Waals surface area contributed by atoms with Gasteiger partial charge in [0.15, 0.2) is 5.96 Å². The van der Waals surface area contributed by atoms with Crippen LogP contribution in [0.15, 0.2) is 35.3 Å². The fourth-order valence-corrected chi connectivity index (χ4v) is 3.92. The van der Waals surface area contributed by atoms with Gasteiger partial charge in [-0.05, 0) is 63.3 Å². The molecule has 2 rings (SSSR count). The van der Waals surface area contributed by atoms with Crippen LogP contribution in [0.3, 0.4) is 0 Å². The van der Waals surface area contributed by atoms with Crippen molar-refractivity contribution in [2.45, 2.75) is 32.6 Å². The smallest absolute Gasteiger partial charge is 0.191 e. The molecule has 5 nitrogen and oxygen atoms in total. The monoisotopic (exact) mass is 533 g/mol. The van der Waals surface area contributed by atoms with E-state index >= 15 is 0 Å². The fraction of sp³-hybridized carbons (Fsp3) is 0.682. The summed E-state index contributed by atoms with van der Waals surface area (Å²) in [4.78, 5) is 9.82. The van der Waals surface area contributed by atoms with E-state index in [0.717, 1.165) is 45.1 Å². The number of thioether (sulfide) groups is 1. The van der Waals surface area contributed by atoms with E-state index in [-0.39, 0.29) is 24.0 Å². The second-order valence-electron chi connectivity index (χ2n) is 7.26. The summed E-state index contributed by atoms with van der Waals surface area (Å²) >= 11 is 1.92. The first-order chi connectivity index (χ1) is 13.8. The van der Waals surface area contributed by atoms with Crippen LogP contribution in [0.5, 0.6) is 0 Å². The normalized spacial score (nSPS) is 15.1. The van der Waals surface area contributed by atoms with Crippen LogP contribution in [0.2, 0.25) is 0 Å². The largest absolute Gasteiger partial charge is 0.369 e. The standard InChI is InChI=1S/C22H39N5S.HI/c1-3-23-22(25-14-8-10-20-28-2)24-13-7-9-15-26-16-18-27(19-17-26)21-11-5-4-6-12-21;/h4-6,11-12H,3,7-10,13-20H2,1-2H3,(H2,23,24,25);1H. The quantitative estimate of drug-likeness (QED) is 0.185. The van der Waals surface area contributed by atoms with E-state index < -0.39 is 0 Å². The van der Waals surface area contributed by atoms with E-state index in [0.29, 0.717) is 0 Å². The number of rotatable bonds is 12. The van der Waals surface area contributed by atoms with Gasteiger partial charge >= 0.3 is 0 Å². The van der Waals surface area contributed by atoms with Crippen molar-refractivity contribution in [3.63, 3.8) is 0 Å². The van der Waals surface area contributed by atoms with E-state index in [4.69, 9.17) is 4.99 Å². The van der Waals surface area contributed by atoms with Crippen molar-refractivity contribution in [1.82, 2.24) is 15.5 Å². The summed E-state index contributed by atoms with van der Waals surface area (Å²) < 4.78 is 0. The lowest BCUT2D eigenvalue weighted by atomic mass is 10.2. The number of guanidine groups is 1. The number of aliphatic imine (C=N–C) groups is 1. The number of nitrogens with one attached hydrogen (secondary N) is 2. The Morgan fingerprint density at radius 1 is 1.00 bits per heavy atom. The third-order valence-corrected chi connectivity index (χ3v) is 5.75. The third kappa shape index (κ3) is 11.3. The Labute approximate surface area is 199 Å². The Morgan fingerprint density at radius 2 is 1.76 bits per heavy atom. The highest BCUT2D eigenvalue weighted by Gasteiger charge is 2.16. The van der Waals surface area contributed by atoms with Gasteiger partial charge in [-0.2, -0.15) is 11.8 Å². The molecule has 1 aliphatic rings. The van der Waals surface area contributed by atoms with Gasteiger partial charge < -0.3 is 15.5 Å². The van der Waals surface area contributed by atoms with Gasteiger partial charge in [0.1, 0.15) is 0 Å². The highest BCUT2D eigenvalue weighted by Crippen LogP contribution is 2.15. The molecule has 1 heterocycles. The van der Waals surface area contributed by atoms with E-state index in [9.17, 15) is 0 Å². The van der Waals surface area contributed by atoms with Gasteiger partial charge in [0, 0.05) is 51.5 Å². The topological polar surface area (TPSA) is 42.9 Å². The predicted octanol–water partition coefficient (Wildman–Crippen LogP) is 3.91. The molecule has 0 aromatic heterocycles. The van der Waals surface area contributed by atoms with Crippen LogP contribution in [0.25, 0.3) is 0 Å². The molecule has 166 valence electrons. The first kappa shape index (κ1) is 26.4. The highest BCUT2D eigenvalue weighted by molar-refractivity contribution is 14.0. The molecule has 0 radical (unpaired) electrons. The Balaban J connectivity index is 0.00000420. The summed E-state index contributed by atoms with van der Waals surface area (Å²) in [5.41, 5.74) is 1.35. The Kier molecular flexibility index (Phi) is 15.5. The molecule has 0 bridgehead atoms. The fourth-order valence-electron chi connectivity index (χ4n) is 3.43. The van der Waals surface area contributed by atoms with Crippen LogP contribution in [0.4, 0.5) is 5.69 Å². The maximum absolute atomic E-state index is 4.73. The molecular formula is C22H40IN5S. The van der Waals surface area contributed by atoms with Gasteiger partial charge in [-0.1, -0.05) is 18.2 Å². The first-order valence-corrected chi connectivity index (χ1v) is 12.3. The molecule has 0 atom stereocenters. The van der Waals surface area contributed by atoms with E-state index in [1.54, 1.807) is 0 Å². The number of anilines is 1. The zero-order chi connectivity index (χ0) is 19.9. The van der Waals surface area contributed by atoms with Crippen molar-refractivity contribution in [3.8, 4) is 0 Å². The number of piperazine rings is 1. The molecule has 29 heavy (non-hydrogen) atoms. The Morgan fingerprint density at radius 3 is 2.45 bits per heavy atom. The highest BCUT2D eigenvalue weighted by atomic mass is 127. The Hall–Kier alpha value is -0.670. The number of para-hydroxylation sites is 1. The van der Waals surface area contributed by atoms with Gasteiger partial charge in [-0.3, -0.25) is 9.89 Å². The summed E-state index contributed by atoms with van der Waals surface area (Å²) in [6, 6.07) is 10.8. The molecule has 0 unspecified atom stereocenters. The van der Waals surface area contributed by atoms with Crippen molar-refractivity contribution < 1.29 is 0 Å². The number of unbranched alkanes of at least 4 members (excludes halogenated alkanes) is 2. The maximum atomic E-state index is 4.73. The van der Waals surface area contributed by atoms with Crippen molar-refractivity contribution in [2.75, 3.05) is 69.3 Å². The van der Waals surface area contributed by atoms with Crippen molar-refractivity contribution >= 4 is 47.4 Å². The van der Waals surface area contributed by atoms with Crippen molar-refractivity contribution in [2.24, 2.45) is 4.99 Å². The van der Waals surface area contributed by atoms with Gasteiger partial charge in [-0.15, -0.1) is 24.0 Å². The molecule has 0 amide bonds. The molecule has 1 aromatic carbocycles. The summed E-state index contributed by atoms with van der Waals surface area (Å²) in [6.07, 6.45) is 7.03. The molecular weight excluding hydrogens is 493 g/mol.